The molecule has 150 valence electrons. The zero-order valence-electron chi connectivity index (χ0n) is 17.2. The first-order chi connectivity index (χ1) is 12.2. The lowest BCUT2D eigenvalue weighted by atomic mass is 9.87. The van der Waals surface area contributed by atoms with Gasteiger partial charge in [0.25, 0.3) is 0 Å². The maximum Gasteiger partial charge on any atom is 0.411 e. The van der Waals surface area contributed by atoms with Gasteiger partial charge in [0.05, 0.1) is 10.9 Å². The van der Waals surface area contributed by atoms with E-state index in [1.165, 1.54) is 4.31 Å². The minimum absolute atomic E-state index is 0.0421. The van der Waals surface area contributed by atoms with Crippen LogP contribution in [0, 0.1) is 5.92 Å². The SMILES string of the molecule is C[C@@H]1C2CN(S(=O)(=O)c3ccc(C(C)(C)C)cc3)C1N2C(=O)OC(C)(C)C. The monoisotopic (exact) mass is 394 g/mol. The van der Waals surface area contributed by atoms with Gasteiger partial charge in [-0.2, -0.15) is 4.31 Å². The second-order valence-corrected chi connectivity index (χ2v) is 11.5. The fourth-order valence-electron chi connectivity index (χ4n) is 3.81. The molecule has 27 heavy (non-hydrogen) atoms. The van der Waals surface area contributed by atoms with Crippen LogP contribution < -0.4 is 0 Å². The molecule has 3 fully saturated rings. The highest BCUT2D eigenvalue weighted by atomic mass is 32.2. The van der Waals surface area contributed by atoms with Crippen molar-refractivity contribution in [3.05, 3.63) is 29.8 Å². The minimum Gasteiger partial charge on any atom is -0.444 e. The molecule has 4 rings (SSSR count). The average molecular weight is 395 g/mol. The molecule has 0 aliphatic carbocycles. The largest absolute Gasteiger partial charge is 0.444 e. The standard InChI is InChI=1S/C20H30N2O4S/c1-13-16-12-21(17(13)22(16)18(23)26-20(5,6)7)27(24,25)15-10-8-14(9-11-15)19(2,3)4/h8-11,13,16-17H,12H2,1-7H3/t13-,16?,17?/m1/s1. The van der Waals surface area contributed by atoms with Crippen molar-refractivity contribution in [3.63, 3.8) is 0 Å². The van der Waals surface area contributed by atoms with E-state index in [1.54, 1.807) is 37.8 Å². The van der Waals surface area contributed by atoms with E-state index < -0.39 is 27.9 Å². The van der Waals surface area contributed by atoms with Crippen LogP contribution in [0.2, 0.25) is 0 Å². The number of hydrogen-bond acceptors (Lipinski definition) is 4. The second-order valence-electron chi connectivity index (χ2n) is 9.58. The Morgan fingerprint density at radius 2 is 1.63 bits per heavy atom. The van der Waals surface area contributed by atoms with E-state index >= 15 is 0 Å². The third kappa shape index (κ3) is 3.47. The van der Waals surface area contributed by atoms with Crippen molar-refractivity contribution in [3.8, 4) is 0 Å². The average Bonchev–Trinajstić information content (AvgIpc) is 3.09. The van der Waals surface area contributed by atoms with Crippen molar-refractivity contribution in [2.45, 2.75) is 76.6 Å². The summed E-state index contributed by atoms with van der Waals surface area (Å²) in [5, 5.41) is 0. The molecular formula is C20H30N2O4S. The minimum atomic E-state index is -3.67. The van der Waals surface area contributed by atoms with Gasteiger partial charge in [0, 0.05) is 12.5 Å². The number of benzene rings is 1. The van der Waals surface area contributed by atoms with Crippen LogP contribution in [0.3, 0.4) is 0 Å². The van der Waals surface area contributed by atoms with Gasteiger partial charge in [0.15, 0.2) is 0 Å². The zero-order valence-corrected chi connectivity index (χ0v) is 18.0. The van der Waals surface area contributed by atoms with Crippen LogP contribution in [0.25, 0.3) is 0 Å². The summed E-state index contributed by atoms with van der Waals surface area (Å²) in [4.78, 5) is 14.3. The van der Waals surface area contributed by atoms with Gasteiger partial charge in [-0.3, -0.25) is 4.90 Å². The zero-order chi connectivity index (χ0) is 20.4. The summed E-state index contributed by atoms with van der Waals surface area (Å²) in [7, 11) is -3.67. The predicted octanol–water partition coefficient (Wildman–Crippen LogP) is 3.57. The maximum atomic E-state index is 13.2. The van der Waals surface area contributed by atoms with Crippen LogP contribution in [-0.4, -0.2) is 48.1 Å². The van der Waals surface area contributed by atoms with Gasteiger partial charge in [-0.05, 0) is 43.9 Å². The van der Waals surface area contributed by atoms with E-state index in [-0.39, 0.29) is 22.3 Å². The van der Waals surface area contributed by atoms with Crippen LogP contribution in [0.15, 0.2) is 29.2 Å². The Balaban J connectivity index is 1.83. The molecular weight excluding hydrogens is 364 g/mol. The first-order valence-corrected chi connectivity index (χ1v) is 10.8. The molecule has 3 saturated heterocycles. The molecule has 1 aromatic carbocycles. The van der Waals surface area contributed by atoms with Crippen molar-refractivity contribution in [2.24, 2.45) is 5.92 Å². The molecule has 3 aliphatic heterocycles. The number of hydrogen-bond donors (Lipinski definition) is 0. The quantitative estimate of drug-likeness (QED) is 0.769. The molecule has 1 amide bonds. The molecule has 0 spiro atoms. The molecule has 7 heteroatoms. The first kappa shape index (κ1) is 20.1. The third-order valence-electron chi connectivity index (χ3n) is 5.31. The Kier molecular flexibility index (Phi) is 4.63. The summed E-state index contributed by atoms with van der Waals surface area (Å²) in [6.07, 6.45) is -0.923. The summed E-state index contributed by atoms with van der Waals surface area (Å²) in [5.74, 6) is 0.0983. The Morgan fingerprint density at radius 1 is 1.07 bits per heavy atom. The molecule has 0 radical (unpaired) electrons. The Morgan fingerprint density at radius 3 is 2.11 bits per heavy atom. The Hall–Kier alpha value is -1.60. The highest BCUT2D eigenvalue weighted by molar-refractivity contribution is 7.89. The lowest BCUT2D eigenvalue weighted by Crippen LogP contribution is -2.62. The predicted molar refractivity (Wildman–Crippen MR) is 104 cm³/mol. The van der Waals surface area contributed by atoms with Crippen LogP contribution >= 0.6 is 0 Å². The topological polar surface area (TPSA) is 66.9 Å². The maximum absolute atomic E-state index is 13.2. The Labute approximate surface area is 162 Å². The number of amides is 1. The molecule has 3 atom stereocenters. The van der Waals surface area contributed by atoms with Crippen LogP contribution in [-0.2, 0) is 20.2 Å². The first-order valence-electron chi connectivity index (χ1n) is 9.37. The molecule has 2 unspecified atom stereocenters. The van der Waals surface area contributed by atoms with Crippen molar-refractivity contribution in [1.29, 1.82) is 0 Å². The summed E-state index contributed by atoms with van der Waals surface area (Å²) in [6, 6.07) is 6.92. The molecule has 2 bridgehead atoms. The summed E-state index contributed by atoms with van der Waals surface area (Å²) in [5.41, 5.74) is 0.428. The number of sulfonamides is 1. The van der Waals surface area contributed by atoms with Gasteiger partial charge in [0.1, 0.15) is 11.8 Å². The number of ether oxygens (including phenoxy) is 1. The van der Waals surface area contributed by atoms with E-state index in [0.717, 1.165) is 5.56 Å². The van der Waals surface area contributed by atoms with Crippen molar-refractivity contribution in [2.75, 3.05) is 6.54 Å². The van der Waals surface area contributed by atoms with Gasteiger partial charge < -0.3 is 4.74 Å². The highest BCUT2D eigenvalue weighted by Gasteiger charge is 2.62. The van der Waals surface area contributed by atoms with Gasteiger partial charge in [-0.1, -0.05) is 39.8 Å². The second kappa shape index (κ2) is 6.21. The van der Waals surface area contributed by atoms with Crippen molar-refractivity contribution in [1.82, 2.24) is 9.21 Å². The Bertz CT molecular complexity index is 834. The van der Waals surface area contributed by atoms with E-state index in [4.69, 9.17) is 4.74 Å². The summed E-state index contributed by atoms with van der Waals surface area (Å²) in [6.45, 7) is 14.0. The van der Waals surface area contributed by atoms with Crippen molar-refractivity contribution < 1.29 is 17.9 Å². The lowest BCUT2D eigenvalue weighted by Gasteiger charge is -2.46. The van der Waals surface area contributed by atoms with Gasteiger partial charge in [-0.15, -0.1) is 0 Å². The fraction of sp³-hybridized carbons (Fsp3) is 0.650. The molecule has 1 aromatic rings. The number of fused-ring (bicyclic) bond motifs is 1. The number of carbonyl (C=O) groups is 1. The van der Waals surface area contributed by atoms with Gasteiger partial charge in [-0.25, -0.2) is 13.2 Å². The summed E-state index contributed by atoms with van der Waals surface area (Å²) >= 11 is 0. The lowest BCUT2D eigenvalue weighted by molar-refractivity contribution is -0.0419. The summed E-state index contributed by atoms with van der Waals surface area (Å²) < 4.78 is 33.3. The van der Waals surface area contributed by atoms with E-state index in [2.05, 4.69) is 20.8 Å². The van der Waals surface area contributed by atoms with Gasteiger partial charge in [0.2, 0.25) is 10.0 Å². The molecule has 0 aromatic heterocycles. The normalized spacial score (nSPS) is 26.0. The molecule has 3 aliphatic rings. The van der Waals surface area contributed by atoms with Crippen LogP contribution in [0.1, 0.15) is 54.0 Å². The third-order valence-corrected chi connectivity index (χ3v) is 7.16. The molecule has 0 saturated carbocycles. The number of rotatable bonds is 2. The molecule has 6 nitrogen and oxygen atoms in total. The molecule has 3 heterocycles. The van der Waals surface area contributed by atoms with Crippen LogP contribution in [0.4, 0.5) is 4.79 Å². The number of nitrogens with zero attached hydrogens (tertiary/aromatic N) is 2. The van der Waals surface area contributed by atoms with E-state index in [9.17, 15) is 13.2 Å². The van der Waals surface area contributed by atoms with E-state index in [1.807, 2.05) is 19.1 Å². The van der Waals surface area contributed by atoms with Gasteiger partial charge >= 0.3 is 6.09 Å². The van der Waals surface area contributed by atoms with Crippen molar-refractivity contribution >= 4 is 16.1 Å². The van der Waals surface area contributed by atoms with Crippen LogP contribution in [0.5, 0.6) is 0 Å². The number of carbonyl (C=O) groups excluding carboxylic acids is 1. The molecule has 0 N–H and O–H groups in total. The highest BCUT2D eigenvalue weighted by Crippen LogP contribution is 2.45. The smallest absolute Gasteiger partial charge is 0.411 e. The van der Waals surface area contributed by atoms with E-state index in [0.29, 0.717) is 6.54 Å². The fourth-order valence-corrected chi connectivity index (χ4v) is 5.49.